The largest absolute Gasteiger partial charge is 0.465 e. The van der Waals surface area contributed by atoms with Crippen molar-refractivity contribution in [2.24, 2.45) is 0 Å². The second-order valence-corrected chi connectivity index (χ2v) is 7.94. The molecule has 0 aromatic heterocycles. The molecule has 1 aliphatic heterocycles. The van der Waals surface area contributed by atoms with E-state index in [-0.39, 0.29) is 49.2 Å². The Kier molecular flexibility index (Phi) is 6.79. The van der Waals surface area contributed by atoms with Gasteiger partial charge in [-0.2, -0.15) is 0 Å². The molecule has 8 heteroatoms. The van der Waals surface area contributed by atoms with Crippen LogP contribution in [0.4, 0.5) is 8.78 Å². The van der Waals surface area contributed by atoms with Crippen molar-refractivity contribution < 1.29 is 33.0 Å². The van der Waals surface area contributed by atoms with Gasteiger partial charge in [0.1, 0.15) is 17.1 Å². The van der Waals surface area contributed by atoms with Gasteiger partial charge in [-0.1, -0.05) is 18.5 Å². The van der Waals surface area contributed by atoms with Gasteiger partial charge in [0.15, 0.2) is 5.78 Å². The molecule has 2 aromatic carbocycles. The van der Waals surface area contributed by atoms with Gasteiger partial charge in [-0.05, 0) is 48.4 Å². The number of halogens is 3. The molecule has 0 spiro atoms. The summed E-state index contributed by atoms with van der Waals surface area (Å²) >= 11 is 5.84. The van der Waals surface area contributed by atoms with Crippen LogP contribution < -0.4 is 0 Å². The summed E-state index contributed by atoms with van der Waals surface area (Å²) in [7, 11) is 1.09. The molecule has 0 aliphatic carbocycles. The predicted octanol–water partition coefficient (Wildman–Crippen LogP) is 4.61. The maximum absolute atomic E-state index is 15.8. The predicted molar refractivity (Wildman–Crippen MR) is 111 cm³/mol. The van der Waals surface area contributed by atoms with Crippen molar-refractivity contribution in [3.63, 3.8) is 0 Å². The molecule has 1 aliphatic rings. The standard InChI is InChI=1S/C23H23ClF2O5/c1-3-23(29,22(26)8-10-31-11-9-22)15-12-17(21(28)30-2)19(18(25)13-15)20(27)14-4-6-16(24)7-5-14/h4-7,12-13,29H,3,8-11H2,1-2H3/t23-/m0/s1. The van der Waals surface area contributed by atoms with E-state index >= 15 is 8.78 Å². The summed E-state index contributed by atoms with van der Waals surface area (Å²) in [4.78, 5) is 25.4. The lowest BCUT2D eigenvalue weighted by Crippen LogP contribution is -2.51. The Morgan fingerprint density at radius 2 is 1.84 bits per heavy atom. The summed E-state index contributed by atoms with van der Waals surface area (Å²) in [6.07, 6.45) is -0.246. The zero-order chi connectivity index (χ0) is 22.8. The van der Waals surface area contributed by atoms with Crippen molar-refractivity contribution in [3.8, 4) is 0 Å². The molecule has 0 bridgehead atoms. The van der Waals surface area contributed by atoms with Crippen LogP contribution in [0, 0.1) is 5.82 Å². The molecule has 1 N–H and O–H groups in total. The number of benzene rings is 2. The van der Waals surface area contributed by atoms with Crippen LogP contribution in [-0.4, -0.2) is 42.9 Å². The molecule has 0 amide bonds. The molecule has 2 aromatic rings. The number of methoxy groups -OCH3 is 1. The average Bonchev–Trinajstić information content (AvgIpc) is 2.77. The maximum Gasteiger partial charge on any atom is 0.338 e. The van der Waals surface area contributed by atoms with Crippen LogP contribution in [0.25, 0.3) is 0 Å². The second kappa shape index (κ2) is 9.02. The first-order valence-corrected chi connectivity index (χ1v) is 10.3. The minimum Gasteiger partial charge on any atom is -0.465 e. The number of rotatable bonds is 6. The third-order valence-electron chi connectivity index (χ3n) is 5.84. The number of ether oxygens (including phenoxy) is 2. The number of esters is 1. The van der Waals surface area contributed by atoms with Gasteiger partial charge < -0.3 is 14.6 Å². The lowest BCUT2D eigenvalue weighted by molar-refractivity contribution is -0.155. The Hall–Kier alpha value is -2.35. The Morgan fingerprint density at radius 1 is 1.23 bits per heavy atom. The highest BCUT2D eigenvalue weighted by atomic mass is 35.5. The van der Waals surface area contributed by atoms with Crippen LogP contribution in [0.5, 0.6) is 0 Å². The van der Waals surface area contributed by atoms with E-state index < -0.39 is 34.4 Å². The second-order valence-electron chi connectivity index (χ2n) is 7.50. The van der Waals surface area contributed by atoms with Crippen molar-refractivity contribution in [1.82, 2.24) is 0 Å². The third-order valence-corrected chi connectivity index (χ3v) is 6.10. The lowest BCUT2D eigenvalue weighted by atomic mass is 9.72. The van der Waals surface area contributed by atoms with E-state index in [1.807, 2.05) is 0 Å². The van der Waals surface area contributed by atoms with Gasteiger partial charge in [0.05, 0.1) is 18.2 Å². The maximum atomic E-state index is 15.8. The summed E-state index contributed by atoms with van der Waals surface area (Å²) < 4.78 is 41.0. The van der Waals surface area contributed by atoms with Crippen LogP contribution in [0.3, 0.4) is 0 Å². The quantitative estimate of drug-likeness (QED) is 0.511. The van der Waals surface area contributed by atoms with Gasteiger partial charge in [-0.25, -0.2) is 13.6 Å². The zero-order valence-corrected chi connectivity index (χ0v) is 18.0. The number of ketones is 1. The van der Waals surface area contributed by atoms with E-state index in [2.05, 4.69) is 0 Å². The Morgan fingerprint density at radius 3 is 2.39 bits per heavy atom. The van der Waals surface area contributed by atoms with Crippen molar-refractivity contribution >= 4 is 23.4 Å². The minimum absolute atomic E-state index is 0.0754. The molecule has 1 fully saturated rings. The van der Waals surface area contributed by atoms with E-state index in [1.54, 1.807) is 6.92 Å². The summed E-state index contributed by atoms with van der Waals surface area (Å²) in [5.41, 5.74) is -5.09. The smallest absolute Gasteiger partial charge is 0.338 e. The third kappa shape index (κ3) is 4.22. The Bertz CT molecular complexity index is 986. The number of carbonyl (C=O) groups is 2. The van der Waals surface area contributed by atoms with Crippen molar-refractivity contribution in [3.05, 3.63) is 69.5 Å². The van der Waals surface area contributed by atoms with E-state index in [1.165, 1.54) is 24.3 Å². The van der Waals surface area contributed by atoms with Gasteiger partial charge in [-0.15, -0.1) is 0 Å². The SMILES string of the molecule is CC[C@](O)(c1cc(F)c(C(=O)c2ccc(Cl)cc2)c(C(=O)OC)c1)C1(F)CCOCC1. The van der Waals surface area contributed by atoms with Gasteiger partial charge in [0.25, 0.3) is 0 Å². The van der Waals surface area contributed by atoms with E-state index in [0.29, 0.717) is 5.02 Å². The highest BCUT2D eigenvalue weighted by Gasteiger charge is 2.52. The van der Waals surface area contributed by atoms with Crippen LogP contribution in [0.15, 0.2) is 36.4 Å². The molecule has 1 heterocycles. The molecule has 1 atom stereocenters. The molecule has 5 nitrogen and oxygen atoms in total. The molecular weight excluding hydrogens is 430 g/mol. The van der Waals surface area contributed by atoms with Gasteiger partial charge in [0, 0.05) is 36.6 Å². The molecule has 0 saturated carbocycles. The monoisotopic (exact) mass is 452 g/mol. The van der Waals surface area contributed by atoms with Gasteiger partial charge in [0.2, 0.25) is 0 Å². The summed E-state index contributed by atoms with van der Waals surface area (Å²) in [5.74, 6) is -2.79. The average molecular weight is 453 g/mol. The molecule has 31 heavy (non-hydrogen) atoms. The van der Waals surface area contributed by atoms with Crippen molar-refractivity contribution in [2.45, 2.75) is 37.5 Å². The normalized spacial score (nSPS) is 17.6. The number of aliphatic hydroxyl groups is 1. The van der Waals surface area contributed by atoms with Crippen LogP contribution in [0.2, 0.25) is 5.02 Å². The van der Waals surface area contributed by atoms with Crippen LogP contribution in [-0.2, 0) is 15.1 Å². The molecule has 0 unspecified atom stereocenters. The fourth-order valence-electron chi connectivity index (χ4n) is 3.98. The van der Waals surface area contributed by atoms with Crippen LogP contribution in [0.1, 0.15) is 58.0 Å². The molecular formula is C23H23ClF2O5. The molecule has 1 saturated heterocycles. The number of hydrogen-bond acceptors (Lipinski definition) is 5. The molecule has 3 rings (SSSR count). The lowest BCUT2D eigenvalue weighted by Gasteiger charge is -2.43. The number of hydrogen-bond donors (Lipinski definition) is 1. The van der Waals surface area contributed by atoms with E-state index in [4.69, 9.17) is 21.1 Å². The molecule has 0 radical (unpaired) electrons. The first kappa shape index (κ1) is 23.3. The van der Waals surface area contributed by atoms with Crippen molar-refractivity contribution in [1.29, 1.82) is 0 Å². The van der Waals surface area contributed by atoms with Gasteiger partial charge in [-0.3, -0.25) is 4.79 Å². The minimum atomic E-state index is -2.08. The first-order chi connectivity index (χ1) is 14.7. The highest BCUT2D eigenvalue weighted by molar-refractivity contribution is 6.30. The molecule has 166 valence electrons. The fraction of sp³-hybridized carbons (Fsp3) is 0.391. The van der Waals surface area contributed by atoms with E-state index in [0.717, 1.165) is 19.2 Å². The number of carbonyl (C=O) groups excluding carboxylic acids is 2. The Labute approximate surface area is 183 Å². The number of alkyl halides is 1. The van der Waals surface area contributed by atoms with Gasteiger partial charge >= 0.3 is 5.97 Å². The summed E-state index contributed by atoms with van der Waals surface area (Å²) in [5, 5.41) is 11.7. The topological polar surface area (TPSA) is 72.8 Å². The Balaban J connectivity index is 2.17. The van der Waals surface area contributed by atoms with Crippen LogP contribution >= 0.6 is 11.6 Å². The highest BCUT2D eigenvalue weighted by Crippen LogP contribution is 2.46. The first-order valence-electron chi connectivity index (χ1n) is 9.88. The fourth-order valence-corrected chi connectivity index (χ4v) is 4.11. The van der Waals surface area contributed by atoms with Crippen molar-refractivity contribution in [2.75, 3.05) is 20.3 Å². The zero-order valence-electron chi connectivity index (χ0n) is 17.2. The summed E-state index contributed by atoms with van der Waals surface area (Å²) in [6, 6.07) is 7.79. The van der Waals surface area contributed by atoms with E-state index in [9.17, 15) is 14.7 Å². The summed E-state index contributed by atoms with van der Waals surface area (Å²) in [6.45, 7) is 1.79.